The highest BCUT2D eigenvalue weighted by Gasteiger charge is 2.01. The van der Waals surface area contributed by atoms with Crippen molar-refractivity contribution in [1.82, 2.24) is 5.32 Å². The fourth-order valence-corrected chi connectivity index (χ4v) is 0.738. The zero-order valence-corrected chi connectivity index (χ0v) is 8.32. The van der Waals surface area contributed by atoms with Crippen LogP contribution in [0.3, 0.4) is 0 Å². The summed E-state index contributed by atoms with van der Waals surface area (Å²) in [4.78, 5) is 14.8. The molecule has 0 aliphatic rings. The van der Waals surface area contributed by atoms with Gasteiger partial charge in [-0.25, -0.2) is 0 Å². The standard InChI is InChI=1S/C8H16N4O2/c1-2-14-6-3-7(13)11-4-5-12-8(9)10/h2H,3-6H2,1H3,(H4-,9,10,11,12,13)/p+1. The van der Waals surface area contributed by atoms with Crippen molar-refractivity contribution in [2.24, 2.45) is 16.5 Å². The molecule has 0 fully saturated rings. The Balaban J connectivity index is 3.31. The maximum absolute atomic E-state index is 11.0. The molecule has 0 aromatic carbocycles. The van der Waals surface area contributed by atoms with Crippen molar-refractivity contribution < 1.29 is 9.53 Å². The zero-order chi connectivity index (χ0) is 10.8. The lowest BCUT2D eigenvalue weighted by Crippen LogP contribution is -2.29. The molecular weight excluding hydrogens is 184 g/mol. The molecule has 0 spiro atoms. The zero-order valence-electron chi connectivity index (χ0n) is 8.32. The van der Waals surface area contributed by atoms with Gasteiger partial charge in [0, 0.05) is 6.54 Å². The third kappa shape index (κ3) is 8.66. The Morgan fingerprint density at radius 2 is 2.29 bits per heavy atom. The van der Waals surface area contributed by atoms with Crippen LogP contribution in [-0.2, 0) is 9.53 Å². The minimum atomic E-state index is -0.0716. The van der Waals surface area contributed by atoms with E-state index < -0.39 is 0 Å². The number of hydrogen-bond donors (Lipinski definition) is 3. The Morgan fingerprint density at radius 3 is 2.86 bits per heavy atom. The molecule has 0 aliphatic heterocycles. The van der Waals surface area contributed by atoms with Crippen LogP contribution in [0.15, 0.2) is 4.99 Å². The molecule has 14 heavy (non-hydrogen) atoms. The van der Waals surface area contributed by atoms with E-state index >= 15 is 0 Å². The molecule has 0 saturated heterocycles. The lowest BCUT2D eigenvalue weighted by molar-refractivity contribution is -0.121. The second-order valence-electron chi connectivity index (χ2n) is 2.51. The summed E-state index contributed by atoms with van der Waals surface area (Å²) in [5.41, 5.74) is 10.2. The van der Waals surface area contributed by atoms with Gasteiger partial charge in [0.05, 0.1) is 13.0 Å². The quantitative estimate of drug-likeness (QED) is 0.212. The number of nitrogens with one attached hydrogen (secondary N) is 1. The molecule has 0 atom stereocenters. The second kappa shape index (κ2) is 8.18. The molecule has 6 heteroatoms. The smallest absolute Gasteiger partial charge is 0.224 e. The Morgan fingerprint density at radius 1 is 1.57 bits per heavy atom. The number of guanidine groups is 1. The topological polar surface area (TPSA) is 103 Å². The predicted octanol–water partition coefficient (Wildman–Crippen LogP) is -1.04. The number of nitrogens with zero attached hydrogens (tertiary/aromatic N) is 1. The number of hydrogen-bond acceptors (Lipinski definition) is 3. The van der Waals surface area contributed by atoms with Gasteiger partial charge in [-0.1, -0.05) is 0 Å². The summed E-state index contributed by atoms with van der Waals surface area (Å²) < 4.78 is 4.90. The van der Waals surface area contributed by atoms with Crippen molar-refractivity contribution in [3.05, 3.63) is 6.61 Å². The number of aliphatic imine (C=N–C) groups is 1. The summed E-state index contributed by atoms with van der Waals surface area (Å²) >= 11 is 0. The summed E-state index contributed by atoms with van der Waals surface area (Å²) in [5.74, 6) is -0.0409. The maximum atomic E-state index is 11.0. The summed E-state index contributed by atoms with van der Waals surface area (Å²) in [6.07, 6.45) is 0.339. The lowest BCUT2D eigenvalue weighted by Gasteiger charge is -2.01. The normalized spacial score (nSPS) is 9.21. The molecule has 5 N–H and O–H groups in total. The largest absolute Gasteiger partial charge is 0.370 e. The molecule has 0 rings (SSSR count). The van der Waals surface area contributed by atoms with E-state index in [0.717, 1.165) is 0 Å². The highest BCUT2D eigenvalue weighted by atomic mass is 16.5. The Kier molecular flexibility index (Phi) is 7.35. The van der Waals surface area contributed by atoms with Gasteiger partial charge < -0.3 is 16.8 Å². The van der Waals surface area contributed by atoms with Crippen LogP contribution in [0.1, 0.15) is 13.3 Å². The van der Waals surface area contributed by atoms with Gasteiger partial charge in [0.1, 0.15) is 13.5 Å². The molecular formula is C8H17N4O2+. The van der Waals surface area contributed by atoms with E-state index in [9.17, 15) is 4.79 Å². The van der Waals surface area contributed by atoms with Crippen LogP contribution in [0.5, 0.6) is 0 Å². The van der Waals surface area contributed by atoms with Crippen LogP contribution in [0.2, 0.25) is 0 Å². The summed E-state index contributed by atoms with van der Waals surface area (Å²) in [5, 5.41) is 2.65. The summed E-state index contributed by atoms with van der Waals surface area (Å²) in [6, 6.07) is 0. The van der Waals surface area contributed by atoms with Gasteiger partial charge in [0.25, 0.3) is 0 Å². The first kappa shape index (κ1) is 12.6. The van der Waals surface area contributed by atoms with E-state index in [2.05, 4.69) is 10.3 Å². The van der Waals surface area contributed by atoms with Crippen molar-refractivity contribution in [1.29, 1.82) is 0 Å². The molecule has 0 saturated carbocycles. The number of carbonyl (C=O) groups excluding carboxylic acids is 1. The molecule has 6 nitrogen and oxygen atoms in total. The molecule has 0 unspecified atom stereocenters. The van der Waals surface area contributed by atoms with Crippen molar-refractivity contribution in [3.63, 3.8) is 0 Å². The molecule has 80 valence electrons. The monoisotopic (exact) mass is 201 g/mol. The van der Waals surface area contributed by atoms with E-state index in [1.54, 1.807) is 13.5 Å². The van der Waals surface area contributed by atoms with Gasteiger partial charge in [-0.2, -0.15) is 4.74 Å². The minimum Gasteiger partial charge on any atom is -0.370 e. The van der Waals surface area contributed by atoms with E-state index in [0.29, 0.717) is 26.1 Å². The van der Waals surface area contributed by atoms with Gasteiger partial charge in [-0.05, 0) is 0 Å². The molecule has 0 heterocycles. The first-order chi connectivity index (χ1) is 6.66. The van der Waals surface area contributed by atoms with Crippen molar-refractivity contribution >= 4 is 11.9 Å². The number of carbonyl (C=O) groups is 1. The van der Waals surface area contributed by atoms with Crippen LogP contribution in [0, 0.1) is 6.61 Å². The Bertz CT molecular complexity index is 190. The average molecular weight is 201 g/mol. The molecule has 0 bridgehead atoms. The van der Waals surface area contributed by atoms with Crippen molar-refractivity contribution in [2.75, 3.05) is 19.7 Å². The van der Waals surface area contributed by atoms with Crippen LogP contribution in [0.4, 0.5) is 0 Å². The van der Waals surface area contributed by atoms with Crippen molar-refractivity contribution in [2.45, 2.75) is 13.3 Å². The maximum Gasteiger partial charge on any atom is 0.224 e. The Hall–Kier alpha value is -1.43. The van der Waals surface area contributed by atoms with Crippen molar-refractivity contribution in [3.8, 4) is 0 Å². The molecule has 0 aromatic rings. The molecule has 0 radical (unpaired) electrons. The first-order valence-electron chi connectivity index (χ1n) is 4.38. The number of amides is 1. The van der Waals surface area contributed by atoms with E-state index in [1.165, 1.54) is 0 Å². The molecule has 1 amide bonds. The van der Waals surface area contributed by atoms with Crippen LogP contribution < -0.4 is 16.8 Å². The predicted molar refractivity (Wildman–Crippen MR) is 54.2 cm³/mol. The second-order valence-corrected chi connectivity index (χ2v) is 2.51. The fraction of sp³-hybridized carbons (Fsp3) is 0.625. The van der Waals surface area contributed by atoms with Gasteiger partial charge in [-0.3, -0.25) is 9.79 Å². The van der Waals surface area contributed by atoms with Crippen LogP contribution >= 0.6 is 0 Å². The SMILES string of the molecule is C[CH+]OCCC(=O)NCCN=C(N)N. The number of rotatable bonds is 7. The summed E-state index contributed by atoms with van der Waals surface area (Å²) in [6.45, 7) is 4.54. The number of ether oxygens (including phenoxy) is 1. The van der Waals surface area contributed by atoms with E-state index in [-0.39, 0.29) is 11.9 Å². The first-order valence-corrected chi connectivity index (χ1v) is 4.38. The lowest BCUT2D eigenvalue weighted by atomic mass is 10.4. The van der Waals surface area contributed by atoms with Gasteiger partial charge in [0.15, 0.2) is 5.96 Å². The average Bonchev–Trinajstić information content (AvgIpc) is 2.13. The molecule has 0 aromatic heterocycles. The van der Waals surface area contributed by atoms with E-state index in [1.807, 2.05) is 0 Å². The van der Waals surface area contributed by atoms with Gasteiger partial charge in [-0.15, -0.1) is 0 Å². The fourth-order valence-electron chi connectivity index (χ4n) is 0.738. The van der Waals surface area contributed by atoms with E-state index in [4.69, 9.17) is 16.2 Å². The van der Waals surface area contributed by atoms with Crippen LogP contribution in [-0.4, -0.2) is 31.6 Å². The highest BCUT2D eigenvalue weighted by Crippen LogP contribution is 1.84. The Labute approximate surface area is 83.7 Å². The minimum absolute atomic E-state index is 0.0307. The van der Waals surface area contributed by atoms with Crippen LogP contribution in [0.25, 0.3) is 0 Å². The molecule has 0 aliphatic carbocycles. The third-order valence-corrected chi connectivity index (χ3v) is 1.34. The van der Waals surface area contributed by atoms with Gasteiger partial charge in [0.2, 0.25) is 12.5 Å². The third-order valence-electron chi connectivity index (χ3n) is 1.34. The highest BCUT2D eigenvalue weighted by molar-refractivity contribution is 5.76. The van der Waals surface area contributed by atoms with Gasteiger partial charge >= 0.3 is 0 Å². The summed E-state index contributed by atoms with van der Waals surface area (Å²) in [7, 11) is 0. The number of nitrogens with two attached hydrogens (primary N) is 2.